The molecule has 8 heteroatoms. The summed E-state index contributed by atoms with van der Waals surface area (Å²) >= 11 is 0. The Morgan fingerprint density at radius 1 is 1.07 bits per heavy atom. The number of carbonyl (C=O) groups is 2. The van der Waals surface area contributed by atoms with E-state index in [4.69, 9.17) is 5.11 Å². The van der Waals surface area contributed by atoms with E-state index in [0.717, 1.165) is 0 Å². The summed E-state index contributed by atoms with van der Waals surface area (Å²) in [6, 6.07) is 13.0. The highest BCUT2D eigenvalue weighted by atomic mass is 16.6. The molecule has 1 aliphatic rings. The number of likely N-dealkylation sites (tertiary alicyclic amines) is 1. The fourth-order valence-corrected chi connectivity index (χ4v) is 3.23. The first-order chi connectivity index (χ1) is 13.5. The molecule has 28 heavy (non-hydrogen) atoms. The highest BCUT2D eigenvalue weighted by molar-refractivity contribution is 6.46. The first-order valence-corrected chi connectivity index (χ1v) is 8.64. The summed E-state index contributed by atoms with van der Waals surface area (Å²) in [4.78, 5) is 36.9. The number of aliphatic hydroxyl groups excluding tert-OH is 2. The third kappa shape index (κ3) is 3.49. The molecule has 0 unspecified atom stereocenters. The summed E-state index contributed by atoms with van der Waals surface area (Å²) < 4.78 is 0. The van der Waals surface area contributed by atoms with Gasteiger partial charge in [-0.15, -0.1) is 0 Å². The molecule has 0 saturated carbocycles. The van der Waals surface area contributed by atoms with Crippen LogP contribution in [0, 0.1) is 10.1 Å². The van der Waals surface area contributed by atoms with Crippen molar-refractivity contribution in [1.82, 2.24) is 4.90 Å². The summed E-state index contributed by atoms with van der Waals surface area (Å²) in [6.07, 6.45) is 0.252. The molecular weight excluding hydrogens is 364 g/mol. The number of aliphatic hydroxyl groups is 2. The van der Waals surface area contributed by atoms with Crippen molar-refractivity contribution >= 4 is 23.1 Å². The maximum absolute atomic E-state index is 12.7. The predicted molar refractivity (Wildman–Crippen MR) is 100 cm³/mol. The van der Waals surface area contributed by atoms with E-state index < -0.39 is 22.7 Å². The fraction of sp³-hybridized carbons (Fsp3) is 0.200. The minimum atomic E-state index is -0.896. The van der Waals surface area contributed by atoms with Crippen LogP contribution in [0.15, 0.2) is 60.2 Å². The second kappa shape index (κ2) is 8.01. The summed E-state index contributed by atoms with van der Waals surface area (Å²) in [6.45, 7) is -0.0665. The molecule has 0 spiro atoms. The Hall–Kier alpha value is -3.52. The molecule has 3 rings (SSSR count). The lowest BCUT2D eigenvalue weighted by atomic mass is 9.95. The van der Waals surface area contributed by atoms with Crippen molar-refractivity contribution < 1.29 is 24.7 Å². The topological polar surface area (TPSA) is 121 Å². The van der Waals surface area contributed by atoms with Crippen LogP contribution in [-0.2, 0) is 9.59 Å². The number of rotatable bonds is 6. The summed E-state index contributed by atoms with van der Waals surface area (Å²) in [5.74, 6) is -1.93. The van der Waals surface area contributed by atoms with E-state index in [1.165, 1.54) is 29.2 Å². The minimum absolute atomic E-state index is 0.0806. The Morgan fingerprint density at radius 2 is 1.71 bits per heavy atom. The molecule has 1 saturated heterocycles. The van der Waals surface area contributed by atoms with Crippen molar-refractivity contribution in [2.75, 3.05) is 13.2 Å². The lowest BCUT2D eigenvalue weighted by Gasteiger charge is -2.25. The van der Waals surface area contributed by atoms with Gasteiger partial charge in [0.15, 0.2) is 0 Å². The van der Waals surface area contributed by atoms with Crippen LogP contribution in [0.2, 0.25) is 0 Å². The summed E-state index contributed by atoms with van der Waals surface area (Å²) in [7, 11) is 0. The molecule has 8 nitrogen and oxygen atoms in total. The van der Waals surface area contributed by atoms with Crippen molar-refractivity contribution in [3.05, 3.63) is 81.4 Å². The molecule has 1 heterocycles. The summed E-state index contributed by atoms with van der Waals surface area (Å²) in [5, 5.41) is 30.8. The average molecular weight is 382 g/mol. The zero-order valence-electron chi connectivity index (χ0n) is 14.8. The average Bonchev–Trinajstić information content (AvgIpc) is 2.97. The van der Waals surface area contributed by atoms with E-state index in [9.17, 15) is 24.8 Å². The number of carbonyl (C=O) groups excluding carboxylic acids is 2. The molecule has 2 aromatic rings. The zero-order valence-corrected chi connectivity index (χ0v) is 14.8. The van der Waals surface area contributed by atoms with Crippen LogP contribution in [0.3, 0.4) is 0 Å². The second-order valence-electron chi connectivity index (χ2n) is 6.28. The molecule has 0 aliphatic carbocycles. The zero-order chi connectivity index (χ0) is 20.3. The molecule has 144 valence electrons. The van der Waals surface area contributed by atoms with Gasteiger partial charge >= 0.3 is 0 Å². The van der Waals surface area contributed by atoms with E-state index in [-0.39, 0.29) is 36.6 Å². The minimum Gasteiger partial charge on any atom is -0.507 e. The molecular formula is C20H18N2O6. The lowest BCUT2D eigenvalue weighted by molar-refractivity contribution is -0.384. The number of ketones is 1. The molecule has 1 atom stereocenters. The van der Waals surface area contributed by atoms with Crippen molar-refractivity contribution in [2.45, 2.75) is 12.5 Å². The smallest absolute Gasteiger partial charge is 0.295 e. The van der Waals surface area contributed by atoms with Crippen LogP contribution in [0.4, 0.5) is 5.69 Å². The standard InChI is InChI=1S/C20H18N2O6/c23-12-4-11-21-17(13-7-9-15(10-8-13)22(27)28)16(19(25)20(21)26)18(24)14-5-2-1-3-6-14/h1-3,5-10,17,23-24H,4,11-12H2/b18-16+/t17-/m1/s1. The van der Waals surface area contributed by atoms with Crippen LogP contribution < -0.4 is 0 Å². The number of nitrogens with zero attached hydrogens (tertiary/aromatic N) is 2. The van der Waals surface area contributed by atoms with E-state index in [2.05, 4.69) is 0 Å². The van der Waals surface area contributed by atoms with Crippen LogP contribution >= 0.6 is 0 Å². The maximum atomic E-state index is 12.7. The van der Waals surface area contributed by atoms with Crippen molar-refractivity contribution in [3.8, 4) is 0 Å². The Bertz CT molecular complexity index is 937. The number of hydrogen-bond acceptors (Lipinski definition) is 6. The van der Waals surface area contributed by atoms with E-state index in [1.807, 2.05) is 0 Å². The first kappa shape index (κ1) is 19.2. The second-order valence-corrected chi connectivity index (χ2v) is 6.28. The van der Waals surface area contributed by atoms with Gasteiger partial charge in [-0.3, -0.25) is 19.7 Å². The molecule has 0 aromatic heterocycles. The van der Waals surface area contributed by atoms with Crippen LogP contribution in [0.25, 0.3) is 5.76 Å². The van der Waals surface area contributed by atoms with E-state index in [0.29, 0.717) is 11.1 Å². The van der Waals surface area contributed by atoms with Crippen molar-refractivity contribution in [1.29, 1.82) is 0 Å². The number of hydrogen-bond donors (Lipinski definition) is 2. The number of Topliss-reactive ketones (excluding diaryl/α,β-unsaturated/α-hetero) is 1. The Balaban J connectivity index is 2.14. The lowest BCUT2D eigenvalue weighted by Crippen LogP contribution is -2.31. The van der Waals surface area contributed by atoms with E-state index >= 15 is 0 Å². The van der Waals surface area contributed by atoms with Gasteiger partial charge in [0.25, 0.3) is 17.4 Å². The Morgan fingerprint density at radius 3 is 2.29 bits per heavy atom. The van der Waals surface area contributed by atoms with Crippen LogP contribution in [0.1, 0.15) is 23.6 Å². The number of non-ortho nitro benzene ring substituents is 1. The Kier molecular flexibility index (Phi) is 5.51. The molecule has 0 radical (unpaired) electrons. The van der Waals surface area contributed by atoms with Crippen LogP contribution in [0.5, 0.6) is 0 Å². The molecule has 1 amide bonds. The maximum Gasteiger partial charge on any atom is 0.295 e. The van der Waals surface area contributed by atoms with Gasteiger partial charge in [0.05, 0.1) is 16.5 Å². The molecule has 1 aliphatic heterocycles. The Labute approximate surface area is 160 Å². The highest BCUT2D eigenvalue weighted by Crippen LogP contribution is 2.39. The summed E-state index contributed by atoms with van der Waals surface area (Å²) in [5.41, 5.74) is 0.636. The quantitative estimate of drug-likeness (QED) is 0.260. The van der Waals surface area contributed by atoms with Crippen LogP contribution in [-0.4, -0.2) is 44.9 Å². The molecule has 0 bridgehead atoms. The molecule has 1 fully saturated rings. The van der Waals surface area contributed by atoms with Gasteiger partial charge in [-0.1, -0.05) is 30.3 Å². The van der Waals surface area contributed by atoms with Gasteiger partial charge in [0.1, 0.15) is 5.76 Å². The third-order valence-electron chi connectivity index (χ3n) is 4.56. The third-order valence-corrected chi connectivity index (χ3v) is 4.56. The SMILES string of the molecule is O=C1C(=O)N(CCCO)[C@H](c2ccc([N+](=O)[O-])cc2)/C1=C(\O)c1ccccc1. The van der Waals surface area contributed by atoms with Gasteiger partial charge in [0.2, 0.25) is 0 Å². The van der Waals surface area contributed by atoms with Gasteiger partial charge < -0.3 is 15.1 Å². The number of nitro groups is 1. The molecule has 2 aromatic carbocycles. The van der Waals surface area contributed by atoms with Crippen molar-refractivity contribution in [3.63, 3.8) is 0 Å². The van der Waals surface area contributed by atoms with Gasteiger partial charge in [-0.2, -0.15) is 0 Å². The largest absolute Gasteiger partial charge is 0.507 e. The van der Waals surface area contributed by atoms with Gasteiger partial charge in [-0.05, 0) is 24.1 Å². The fourth-order valence-electron chi connectivity index (χ4n) is 3.23. The first-order valence-electron chi connectivity index (χ1n) is 8.64. The predicted octanol–water partition coefficient (Wildman–Crippen LogP) is 2.40. The number of benzene rings is 2. The van der Waals surface area contributed by atoms with Crippen molar-refractivity contribution in [2.24, 2.45) is 0 Å². The monoisotopic (exact) mass is 382 g/mol. The van der Waals surface area contributed by atoms with E-state index in [1.54, 1.807) is 30.3 Å². The number of nitro benzene ring substituents is 1. The van der Waals surface area contributed by atoms with Gasteiger partial charge in [-0.25, -0.2) is 0 Å². The highest BCUT2D eigenvalue weighted by Gasteiger charge is 2.45. The molecule has 2 N–H and O–H groups in total. The number of amides is 1. The normalized spacial score (nSPS) is 18.5. The van der Waals surface area contributed by atoms with Gasteiger partial charge in [0, 0.05) is 30.8 Å².